The van der Waals surface area contributed by atoms with Crippen molar-refractivity contribution in [3.8, 4) is 11.3 Å². The fourth-order valence-electron chi connectivity index (χ4n) is 4.76. The summed E-state index contributed by atoms with van der Waals surface area (Å²) < 4.78 is 37.3. The molecule has 0 radical (unpaired) electrons. The molecule has 9 heteroatoms. The summed E-state index contributed by atoms with van der Waals surface area (Å²) in [6, 6.07) is 4.44. The largest absolute Gasteiger partial charge is 0.469 e. The molecule has 1 saturated carbocycles. The van der Waals surface area contributed by atoms with E-state index in [9.17, 15) is 18.4 Å². The monoisotopic (exact) mass is 447 g/mol. The van der Waals surface area contributed by atoms with Crippen LogP contribution in [0.25, 0.3) is 11.3 Å². The predicted molar refractivity (Wildman–Crippen MR) is 112 cm³/mol. The molecule has 1 aliphatic carbocycles. The molecular formula is C23H27F2N3O4. The van der Waals surface area contributed by atoms with E-state index in [1.807, 2.05) is 0 Å². The number of piperidine rings is 1. The van der Waals surface area contributed by atoms with Crippen LogP contribution >= 0.6 is 0 Å². The number of aromatic nitrogens is 1. The van der Waals surface area contributed by atoms with Crippen LogP contribution in [0.4, 0.5) is 8.78 Å². The molecule has 1 aliphatic heterocycles. The van der Waals surface area contributed by atoms with Gasteiger partial charge in [0.25, 0.3) is 5.91 Å². The summed E-state index contributed by atoms with van der Waals surface area (Å²) in [6.45, 7) is 1.32. The molecule has 1 amide bonds. The predicted octanol–water partition coefficient (Wildman–Crippen LogP) is 3.55. The van der Waals surface area contributed by atoms with Crippen LogP contribution in [0, 0.1) is 17.6 Å². The van der Waals surface area contributed by atoms with Gasteiger partial charge < -0.3 is 14.6 Å². The lowest BCUT2D eigenvalue weighted by Gasteiger charge is -2.42. The van der Waals surface area contributed by atoms with Gasteiger partial charge in [-0.1, -0.05) is 24.4 Å². The molecule has 2 atom stereocenters. The van der Waals surface area contributed by atoms with E-state index in [-0.39, 0.29) is 23.0 Å². The Balaban J connectivity index is 1.44. The quantitative estimate of drug-likeness (QED) is 0.706. The Kier molecular flexibility index (Phi) is 6.83. The van der Waals surface area contributed by atoms with Gasteiger partial charge in [0, 0.05) is 42.9 Å². The molecular weight excluding hydrogens is 420 g/mol. The first-order valence-corrected chi connectivity index (χ1v) is 11.0. The third-order valence-electron chi connectivity index (χ3n) is 6.50. The normalized spacial score (nSPS) is 22.5. The second-order valence-corrected chi connectivity index (χ2v) is 8.49. The third kappa shape index (κ3) is 4.82. The minimum Gasteiger partial charge on any atom is -0.469 e. The van der Waals surface area contributed by atoms with Crippen LogP contribution in [-0.4, -0.2) is 54.2 Å². The third-order valence-corrected chi connectivity index (χ3v) is 6.50. The van der Waals surface area contributed by atoms with Gasteiger partial charge in [0.05, 0.1) is 13.0 Å². The maximum absolute atomic E-state index is 14.0. The zero-order chi connectivity index (χ0) is 22.7. The molecule has 7 nitrogen and oxygen atoms in total. The number of benzene rings is 1. The Morgan fingerprint density at radius 1 is 1.16 bits per heavy atom. The first-order chi connectivity index (χ1) is 15.5. The Morgan fingerprint density at radius 2 is 1.94 bits per heavy atom. The van der Waals surface area contributed by atoms with Crippen molar-refractivity contribution in [2.75, 3.05) is 20.2 Å². The number of rotatable bonds is 5. The molecule has 0 spiro atoms. The zero-order valence-electron chi connectivity index (χ0n) is 18.0. The highest BCUT2D eigenvalue weighted by atomic mass is 19.1. The Labute approximate surface area is 185 Å². The lowest BCUT2D eigenvalue weighted by atomic mass is 9.87. The molecule has 32 heavy (non-hydrogen) atoms. The van der Waals surface area contributed by atoms with Crippen molar-refractivity contribution >= 4 is 11.9 Å². The SMILES string of the molecule is COC(=O)[C@@H]1CN(C2CCCCC2)CC[C@H]1NC(=O)c1cc(-c2ccc(F)cc2F)no1. The molecule has 1 aromatic carbocycles. The Morgan fingerprint density at radius 3 is 2.66 bits per heavy atom. The minimum atomic E-state index is -0.800. The maximum Gasteiger partial charge on any atom is 0.312 e. The number of esters is 1. The molecule has 2 aromatic rings. The number of halogens is 2. The standard InChI is InChI=1S/C23H27F2N3O4/c1-31-23(30)17-13-28(15-5-3-2-4-6-15)10-9-19(17)26-22(29)21-12-20(27-32-21)16-8-7-14(24)11-18(16)25/h7-8,11-12,15,17,19H,2-6,9-10,13H2,1H3,(H,26,29)/t17-,19-/m1/s1. The average molecular weight is 447 g/mol. The van der Waals surface area contributed by atoms with Crippen LogP contribution in [0.3, 0.4) is 0 Å². The number of ether oxygens (including phenoxy) is 1. The van der Waals surface area contributed by atoms with Crippen LogP contribution < -0.4 is 5.32 Å². The van der Waals surface area contributed by atoms with Crippen LogP contribution in [0.1, 0.15) is 49.1 Å². The first kappa shape index (κ1) is 22.4. The van der Waals surface area contributed by atoms with Gasteiger partial charge in [0.2, 0.25) is 5.76 Å². The van der Waals surface area contributed by atoms with Gasteiger partial charge in [-0.05, 0) is 31.4 Å². The molecule has 2 aliphatic rings. The van der Waals surface area contributed by atoms with Crippen molar-refractivity contribution in [3.63, 3.8) is 0 Å². The van der Waals surface area contributed by atoms with Gasteiger partial charge >= 0.3 is 5.97 Å². The van der Waals surface area contributed by atoms with Crippen LogP contribution in [0.2, 0.25) is 0 Å². The second-order valence-electron chi connectivity index (χ2n) is 8.49. The van der Waals surface area contributed by atoms with Gasteiger partial charge in [0.1, 0.15) is 17.3 Å². The smallest absolute Gasteiger partial charge is 0.312 e. The number of amides is 1. The fraction of sp³-hybridized carbons (Fsp3) is 0.522. The number of methoxy groups -OCH3 is 1. The van der Waals surface area contributed by atoms with E-state index < -0.39 is 29.5 Å². The van der Waals surface area contributed by atoms with E-state index in [2.05, 4.69) is 15.4 Å². The van der Waals surface area contributed by atoms with Crippen molar-refractivity contribution in [1.82, 2.24) is 15.4 Å². The van der Waals surface area contributed by atoms with Crippen molar-refractivity contribution in [3.05, 3.63) is 41.7 Å². The number of hydrogen-bond acceptors (Lipinski definition) is 6. The number of carbonyl (C=O) groups excluding carboxylic acids is 2. The molecule has 4 rings (SSSR count). The fourth-order valence-corrected chi connectivity index (χ4v) is 4.76. The summed E-state index contributed by atoms with van der Waals surface area (Å²) >= 11 is 0. The highest BCUT2D eigenvalue weighted by Gasteiger charge is 2.38. The maximum atomic E-state index is 14.0. The van der Waals surface area contributed by atoms with Crippen LogP contribution in [0.5, 0.6) is 0 Å². The summed E-state index contributed by atoms with van der Waals surface area (Å²) in [4.78, 5) is 27.6. The summed E-state index contributed by atoms with van der Waals surface area (Å²) in [5.41, 5.74) is 0.117. The minimum absolute atomic E-state index is 0.0300. The van der Waals surface area contributed by atoms with Gasteiger partial charge in [-0.2, -0.15) is 0 Å². The van der Waals surface area contributed by atoms with Crippen LogP contribution in [0.15, 0.2) is 28.8 Å². The average Bonchev–Trinajstić information content (AvgIpc) is 3.29. The van der Waals surface area contributed by atoms with Crippen molar-refractivity contribution < 1.29 is 27.6 Å². The lowest BCUT2D eigenvalue weighted by Crippen LogP contribution is -2.56. The summed E-state index contributed by atoms with van der Waals surface area (Å²) in [5, 5.41) is 6.60. The molecule has 0 unspecified atom stereocenters. The second kappa shape index (κ2) is 9.77. The van der Waals surface area contributed by atoms with Crippen LogP contribution in [-0.2, 0) is 9.53 Å². The lowest BCUT2D eigenvalue weighted by molar-refractivity contribution is -0.148. The van der Waals surface area contributed by atoms with E-state index in [1.165, 1.54) is 38.5 Å². The summed E-state index contributed by atoms with van der Waals surface area (Å²) in [6.07, 6.45) is 6.52. The molecule has 1 saturated heterocycles. The highest BCUT2D eigenvalue weighted by molar-refractivity contribution is 5.93. The van der Waals surface area contributed by atoms with E-state index >= 15 is 0 Å². The molecule has 1 aromatic heterocycles. The van der Waals surface area contributed by atoms with E-state index in [4.69, 9.17) is 9.26 Å². The first-order valence-electron chi connectivity index (χ1n) is 11.0. The van der Waals surface area contributed by atoms with E-state index in [0.29, 0.717) is 19.0 Å². The Hall–Kier alpha value is -2.81. The summed E-state index contributed by atoms with van der Waals surface area (Å²) in [7, 11) is 1.35. The van der Waals surface area contributed by atoms with Gasteiger partial charge in [-0.3, -0.25) is 14.5 Å². The Bertz CT molecular complexity index is 974. The molecule has 2 fully saturated rings. The van der Waals surface area contributed by atoms with E-state index in [0.717, 1.165) is 31.5 Å². The number of hydrogen-bond donors (Lipinski definition) is 1. The van der Waals surface area contributed by atoms with Crippen molar-refractivity contribution in [2.24, 2.45) is 5.92 Å². The highest BCUT2D eigenvalue weighted by Crippen LogP contribution is 2.28. The molecule has 1 N–H and O–H groups in total. The van der Waals surface area contributed by atoms with Gasteiger partial charge in [-0.15, -0.1) is 0 Å². The van der Waals surface area contributed by atoms with E-state index in [1.54, 1.807) is 0 Å². The topological polar surface area (TPSA) is 84.7 Å². The number of likely N-dealkylation sites (tertiary alicyclic amines) is 1. The summed E-state index contributed by atoms with van der Waals surface area (Å²) in [5.74, 6) is -3.01. The molecule has 172 valence electrons. The number of carbonyl (C=O) groups is 2. The molecule has 2 heterocycles. The number of nitrogens with zero attached hydrogens (tertiary/aromatic N) is 2. The molecule has 0 bridgehead atoms. The van der Waals surface area contributed by atoms with Crippen molar-refractivity contribution in [1.29, 1.82) is 0 Å². The van der Waals surface area contributed by atoms with Gasteiger partial charge in [0.15, 0.2) is 0 Å². The zero-order valence-corrected chi connectivity index (χ0v) is 18.0. The van der Waals surface area contributed by atoms with Gasteiger partial charge in [-0.25, -0.2) is 8.78 Å². The van der Waals surface area contributed by atoms with Crippen molar-refractivity contribution in [2.45, 2.75) is 50.6 Å². The number of nitrogens with one attached hydrogen (secondary N) is 1.